The number of aromatic nitrogens is 3. The molecule has 0 aliphatic rings. The number of nitrogens with one attached hydrogen (secondary N) is 1. The molecule has 0 aliphatic carbocycles. The minimum Gasteiger partial charge on any atom is -0.345 e. The van der Waals surface area contributed by atoms with E-state index in [4.69, 9.17) is 0 Å². The molecule has 0 saturated carbocycles. The molecule has 0 fully saturated rings. The van der Waals surface area contributed by atoms with Gasteiger partial charge in [0.15, 0.2) is 5.82 Å². The molecule has 2 aromatic heterocycles. The Morgan fingerprint density at radius 2 is 1.72 bits per heavy atom. The molecular formula is C21H21F3N4O. The second kappa shape index (κ2) is 8.06. The first-order valence-electron chi connectivity index (χ1n) is 9.16. The maximum absolute atomic E-state index is 12.9. The molecule has 5 nitrogen and oxygen atoms in total. The van der Waals surface area contributed by atoms with Gasteiger partial charge in [-0.05, 0) is 30.5 Å². The zero-order chi connectivity index (χ0) is 21.2. The Labute approximate surface area is 166 Å². The van der Waals surface area contributed by atoms with Gasteiger partial charge in [0.05, 0.1) is 29.1 Å². The number of hydrogen-bond acceptors (Lipinski definition) is 3. The van der Waals surface area contributed by atoms with Gasteiger partial charge in [-0.1, -0.05) is 44.2 Å². The van der Waals surface area contributed by atoms with Crippen LogP contribution < -0.4 is 5.32 Å². The van der Waals surface area contributed by atoms with E-state index in [0.29, 0.717) is 11.3 Å². The lowest BCUT2D eigenvalue weighted by Crippen LogP contribution is -2.27. The van der Waals surface area contributed by atoms with Crippen molar-refractivity contribution in [3.63, 3.8) is 0 Å². The molecule has 29 heavy (non-hydrogen) atoms. The Morgan fingerprint density at radius 1 is 1.03 bits per heavy atom. The number of carbonyl (C=O) groups excluding carboxylic acids is 1. The van der Waals surface area contributed by atoms with E-state index >= 15 is 0 Å². The standard InChI is InChI=1S/C21H21F3N4O/c1-13(2)19-17(20(29)27-14(3)15-7-5-4-6-8-15)12-26-28(19)18-10-9-16(11-25-18)21(22,23)24/h4-14H,1-3H3,(H,27,29). The molecule has 0 bridgehead atoms. The van der Waals surface area contributed by atoms with Crippen molar-refractivity contribution in [1.82, 2.24) is 20.1 Å². The molecular weight excluding hydrogens is 381 g/mol. The first-order chi connectivity index (χ1) is 13.7. The highest BCUT2D eigenvalue weighted by atomic mass is 19.4. The summed E-state index contributed by atoms with van der Waals surface area (Å²) in [7, 11) is 0. The van der Waals surface area contributed by atoms with E-state index in [9.17, 15) is 18.0 Å². The average Bonchev–Trinajstić information content (AvgIpc) is 3.13. The van der Waals surface area contributed by atoms with Crippen molar-refractivity contribution >= 4 is 5.91 Å². The predicted octanol–water partition coefficient (Wildman–Crippen LogP) is 4.90. The number of hydrogen-bond donors (Lipinski definition) is 1. The second-order valence-corrected chi connectivity index (χ2v) is 7.02. The smallest absolute Gasteiger partial charge is 0.345 e. The molecule has 0 aliphatic heterocycles. The van der Waals surface area contributed by atoms with Crippen molar-refractivity contribution in [2.24, 2.45) is 0 Å². The maximum atomic E-state index is 12.9. The maximum Gasteiger partial charge on any atom is 0.417 e. The number of pyridine rings is 1. The number of amides is 1. The molecule has 1 N–H and O–H groups in total. The van der Waals surface area contributed by atoms with Crippen LogP contribution in [0.3, 0.4) is 0 Å². The summed E-state index contributed by atoms with van der Waals surface area (Å²) in [5, 5.41) is 7.15. The van der Waals surface area contributed by atoms with E-state index in [2.05, 4.69) is 15.4 Å². The fourth-order valence-corrected chi connectivity index (χ4v) is 3.05. The third kappa shape index (κ3) is 4.47. The van der Waals surface area contributed by atoms with E-state index in [1.165, 1.54) is 16.9 Å². The van der Waals surface area contributed by atoms with Crippen molar-refractivity contribution in [2.45, 2.75) is 38.9 Å². The molecule has 0 saturated heterocycles. The monoisotopic (exact) mass is 402 g/mol. The summed E-state index contributed by atoms with van der Waals surface area (Å²) in [5.74, 6) is -0.186. The number of carbonyl (C=O) groups is 1. The van der Waals surface area contributed by atoms with Crippen LogP contribution in [0.1, 0.15) is 59.9 Å². The van der Waals surface area contributed by atoms with Crippen LogP contribution in [0.15, 0.2) is 54.9 Å². The van der Waals surface area contributed by atoms with Crippen LogP contribution in [0.25, 0.3) is 5.82 Å². The van der Waals surface area contributed by atoms with Gasteiger partial charge >= 0.3 is 6.18 Å². The fourth-order valence-electron chi connectivity index (χ4n) is 3.05. The molecule has 0 radical (unpaired) electrons. The zero-order valence-electron chi connectivity index (χ0n) is 16.2. The number of benzene rings is 1. The minimum absolute atomic E-state index is 0.102. The van der Waals surface area contributed by atoms with E-state index in [1.807, 2.05) is 51.1 Å². The number of nitrogens with zero attached hydrogens (tertiary/aromatic N) is 3. The summed E-state index contributed by atoms with van der Waals surface area (Å²) in [6.45, 7) is 5.65. The molecule has 1 atom stereocenters. The van der Waals surface area contributed by atoms with Gasteiger partial charge in [0, 0.05) is 6.20 Å². The van der Waals surface area contributed by atoms with Crippen LogP contribution >= 0.6 is 0 Å². The lowest BCUT2D eigenvalue weighted by atomic mass is 10.0. The number of rotatable bonds is 5. The van der Waals surface area contributed by atoms with Crippen LogP contribution in [0, 0.1) is 0 Å². The average molecular weight is 402 g/mol. The normalized spacial score (nSPS) is 12.8. The third-order valence-corrected chi connectivity index (χ3v) is 4.54. The van der Waals surface area contributed by atoms with Crippen molar-refractivity contribution in [3.05, 3.63) is 77.2 Å². The Bertz CT molecular complexity index is 979. The molecule has 1 unspecified atom stereocenters. The summed E-state index contributed by atoms with van der Waals surface area (Å²) in [6, 6.07) is 11.5. The molecule has 3 aromatic rings. The SMILES string of the molecule is CC(C)c1c(C(=O)NC(C)c2ccccc2)cnn1-c1ccc(C(F)(F)F)cn1. The molecule has 152 valence electrons. The van der Waals surface area contributed by atoms with E-state index in [-0.39, 0.29) is 23.7 Å². The zero-order valence-corrected chi connectivity index (χ0v) is 16.2. The van der Waals surface area contributed by atoms with Gasteiger partial charge in [-0.3, -0.25) is 4.79 Å². The Balaban J connectivity index is 1.90. The van der Waals surface area contributed by atoms with Gasteiger partial charge < -0.3 is 5.32 Å². The van der Waals surface area contributed by atoms with Gasteiger partial charge in [0.1, 0.15) is 0 Å². The largest absolute Gasteiger partial charge is 0.417 e. The second-order valence-electron chi connectivity index (χ2n) is 7.02. The topological polar surface area (TPSA) is 59.8 Å². The highest BCUT2D eigenvalue weighted by molar-refractivity contribution is 5.95. The van der Waals surface area contributed by atoms with E-state index < -0.39 is 11.7 Å². The summed E-state index contributed by atoms with van der Waals surface area (Å²) in [5.41, 5.74) is 1.07. The van der Waals surface area contributed by atoms with Gasteiger partial charge in [-0.15, -0.1) is 0 Å². The molecule has 1 aromatic carbocycles. The Kier molecular flexibility index (Phi) is 5.72. The summed E-state index contributed by atoms with van der Waals surface area (Å²) >= 11 is 0. The molecule has 3 rings (SSSR count). The van der Waals surface area contributed by atoms with E-state index in [0.717, 1.165) is 17.8 Å². The van der Waals surface area contributed by atoms with Crippen LogP contribution in [0.2, 0.25) is 0 Å². The summed E-state index contributed by atoms with van der Waals surface area (Å²) in [4.78, 5) is 16.7. The van der Waals surface area contributed by atoms with Gasteiger partial charge in [-0.2, -0.15) is 18.3 Å². The highest BCUT2D eigenvalue weighted by Gasteiger charge is 2.31. The van der Waals surface area contributed by atoms with Gasteiger partial charge in [0.25, 0.3) is 5.91 Å². The minimum atomic E-state index is -4.46. The molecule has 1 amide bonds. The van der Waals surface area contributed by atoms with Gasteiger partial charge in [-0.25, -0.2) is 9.67 Å². The summed E-state index contributed by atoms with van der Waals surface area (Å²) in [6.07, 6.45) is -2.28. The Morgan fingerprint density at radius 3 is 2.28 bits per heavy atom. The van der Waals surface area contributed by atoms with Gasteiger partial charge in [0.2, 0.25) is 0 Å². The van der Waals surface area contributed by atoms with Crippen molar-refractivity contribution in [1.29, 1.82) is 0 Å². The van der Waals surface area contributed by atoms with E-state index in [1.54, 1.807) is 0 Å². The molecule has 0 spiro atoms. The lowest BCUT2D eigenvalue weighted by Gasteiger charge is -2.16. The van der Waals surface area contributed by atoms with Crippen molar-refractivity contribution in [3.8, 4) is 5.82 Å². The van der Waals surface area contributed by atoms with Crippen LogP contribution in [-0.2, 0) is 6.18 Å². The first kappa shape index (κ1) is 20.6. The Hall–Kier alpha value is -3.16. The predicted molar refractivity (Wildman–Crippen MR) is 103 cm³/mol. The van der Waals surface area contributed by atoms with Crippen LogP contribution in [0.4, 0.5) is 13.2 Å². The fraction of sp³-hybridized carbons (Fsp3) is 0.286. The van der Waals surface area contributed by atoms with Crippen LogP contribution in [-0.4, -0.2) is 20.7 Å². The lowest BCUT2D eigenvalue weighted by molar-refractivity contribution is -0.137. The third-order valence-electron chi connectivity index (χ3n) is 4.54. The van der Waals surface area contributed by atoms with Crippen LogP contribution in [0.5, 0.6) is 0 Å². The van der Waals surface area contributed by atoms with Crippen molar-refractivity contribution < 1.29 is 18.0 Å². The first-order valence-corrected chi connectivity index (χ1v) is 9.16. The molecule has 8 heteroatoms. The quantitative estimate of drug-likeness (QED) is 0.660. The summed E-state index contributed by atoms with van der Waals surface area (Å²) < 4.78 is 39.8. The number of alkyl halides is 3. The van der Waals surface area contributed by atoms with Crippen molar-refractivity contribution in [2.75, 3.05) is 0 Å². The number of halogens is 3. The molecule has 2 heterocycles. The highest BCUT2D eigenvalue weighted by Crippen LogP contribution is 2.29.